The van der Waals surface area contributed by atoms with Crippen LogP contribution in [0.4, 0.5) is 4.39 Å². The van der Waals surface area contributed by atoms with Gasteiger partial charge in [-0.3, -0.25) is 9.59 Å². The monoisotopic (exact) mass is 450 g/mol. The first-order valence-corrected chi connectivity index (χ1v) is 11.2. The first kappa shape index (κ1) is 24.2. The number of furan rings is 1. The number of nitrogens with zero attached hydrogens (tertiary/aromatic N) is 2. The van der Waals surface area contributed by atoms with Crippen LogP contribution in [0, 0.1) is 18.7 Å². The maximum atomic E-state index is 13.4. The Morgan fingerprint density at radius 3 is 2.15 bits per heavy atom. The highest BCUT2D eigenvalue weighted by atomic mass is 19.1. The molecule has 0 fully saturated rings. The Labute approximate surface area is 194 Å². The van der Waals surface area contributed by atoms with Crippen LogP contribution in [0.15, 0.2) is 71.1 Å². The van der Waals surface area contributed by atoms with Gasteiger partial charge in [-0.1, -0.05) is 56.3 Å². The van der Waals surface area contributed by atoms with Crippen molar-refractivity contribution in [1.82, 2.24) is 9.80 Å². The van der Waals surface area contributed by atoms with E-state index in [4.69, 9.17) is 4.42 Å². The van der Waals surface area contributed by atoms with Crippen LogP contribution in [-0.4, -0.2) is 34.7 Å². The van der Waals surface area contributed by atoms with E-state index in [2.05, 4.69) is 0 Å². The summed E-state index contributed by atoms with van der Waals surface area (Å²) in [5.74, 6) is 1.03. The van der Waals surface area contributed by atoms with E-state index in [1.54, 1.807) is 21.9 Å². The number of carbonyl (C=O) groups excluding carboxylic acids is 2. The highest BCUT2D eigenvalue weighted by molar-refractivity contribution is 5.86. The number of carbonyl (C=O) groups is 2. The van der Waals surface area contributed by atoms with Gasteiger partial charge in [0.15, 0.2) is 0 Å². The summed E-state index contributed by atoms with van der Waals surface area (Å²) in [4.78, 5) is 29.8. The molecule has 0 unspecified atom stereocenters. The third kappa shape index (κ3) is 7.59. The third-order valence-electron chi connectivity index (χ3n) is 5.24. The minimum Gasteiger partial charge on any atom is -0.464 e. The Bertz CT molecular complexity index is 1040. The molecule has 174 valence electrons. The van der Waals surface area contributed by atoms with E-state index in [-0.39, 0.29) is 36.5 Å². The fraction of sp³-hybridized carbons (Fsp3) is 0.333. The van der Waals surface area contributed by atoms with Gasteiger partial charge in [0.1, 0.15) is 17.3 Å². The van der Waals surface area contributed by atoms with Gasteiger partial charge in [0.05, 0.1) is 19.5 Å². The first-order valence-electron chi connectivity index (χ1n) is 11.2. The van der Waals surface area contributed by atoms with Gasteiger partial charge in [0, 0.05) is 13.1 Å². The van der Waals surface area contributed by atoms with Crippen LogP contribution in [0.5, 0.6) is 0 Å². The molecule has 0 aliphatic carbocycles. The summed E-state index contributed by atoms with van der Waals surface area (Å²) in [6, 6.07) is 19.4. The van der Waals surface area contributed by atoms with Crippen LogP contribution >= 0.6 is 0 Å². The van der Waals surface area contributed by atoms with Crippen molar-refractivity contribution in [3.05, 3.63) is 95.2 Å². The number of rotatable bonds is 10. The van der Waals surface area contributed by atoms with E-state index < -0.39 is 0 Å². The quantitative estimate of drug-likeness (QED) is 0.438. The Morgan fingerprint density at radius 1 is 0.848 bits per heavy atom. The number of hydrogen-bond acceptors (Lipinski definition) is 3. The second-order valence-electron chi connectivity index (χ2n) is 8.72. The molecule has 0 radical (unpaired) electrons. The van der Waals surface area contributed by atoms with Crippen molar-refractivity contribution in [3.8, 4) is 0 Å². The second kappa shape index (κ2) is 11.5. The molecule has 0 aliphatic heterocycles. The number of hydrogen-bond donors (Lipinski definition) is 0. The largest absolute Gasteiger partial charge is 0.464 e. The summed E-state index contributed by atoms with van der Waals surface area (Å²) < 4.78 is 18.9. The van der Waals surface area contributed by atoms with E-state index >= 15 is 0 Å². The molecule has 6 heteroatoms. The van der Waals surface area contributed by atoms with Gasteiger partial charge in [-0.05, 0) is 48.2 Å². The van der Waals surface area contributed by atoms with Gasteiger partial charge in [-0.15, -0.1) is 0 Å². The van der Waals surface area contributed by atoms with E-state index in [0.717, 1.165) is 16.9 Å². The molecule has 0 N–H and O–H groups in total. The molecule has 1 aromatic heterocycles. The van der Waals surface area contributed by atoms with Gasteiger partial charge in [-0.2, -0.15) is 0 Å². The Kier molecular flexibility index (Phi) is 8.41. The highest BCUT2D eigenvalue weighted by Crippen LogP contribution is 2.15. The van der Waals surface area contributed by atoms with Gasteiger partial charge < -0.3 is 14.2 Å². The molecule has 0 bridgehead atoms. The summed E-state index contributed by atoms with van der Waals surface area (Å²) in [5.41, 5.74) is 1.72. The zero-order chi connectivity index (χ0) is 23.8. The molecule has 0 saturated heterocycles. The average molecular weight is 451 g/mol. The fourth-order valence-corrected chi connectivity index (χ4v) is 3.64. The molecule has 0 spiro atoms. The number of amides is 2. The van der Waals surface area contributed by atoms with Crippen LogP contribution in [0.25, 0.3) is 0 Å². The summed E-state index contributed by atoms with van der Waals surface area (Å²) in [5, 5.41) is 0. The molecule has 0 saturated carbocycles. The van der Waals surface area contributed by atoms with E-state index in [1.165, 1.54) is 12.1 Å². The maximum absolute atomic E-state index is 13.4. The topological polar surface area (TPSA) is 53.8 Å². The highest BCUT2D eigenvalue weighted by Gasteiger charge is 2.23. The van der Waals surface area contributed by atoms with Crippen LogP contribution in [0.3, 0.4) is 0 Å². The second-order valence-corrected chi connectivity index (χ2v) is 8.72. The molecular weight excluding hydrogens is 419 g/mol. The van der Waals surface area contributed by atoms with Crippen LogP contribution in [0.1, 0.15) is 36.5 Å². The van der Waals surface area contributed by atoms with Crippen molar-refractivity contribution in [2.75, 3.05) is 13.1 Å². The van der Waals surface area contributed by atoms with Crippen LogP contribution in [0.2, 0.25) is 0 Å². The van der Waals surface area contributed by atoms with Crippen molar-refractivity contribution < 1.29 is 18.4 Å². The fourth-order valence-electron chi connectivity index (χ4n) is 3.64. The lowest BCUT2D eigenvalue weighted by molar-refractivity contribution is -0.141. The zero-order valence-corrected chi connectivity index (χ0v) is 19.5. The summed E-state index contributed by atoms with van der Waals surface area (Å²) >= 11 is 0. The predicted molar refractivity (Wildman–Crippen MR) is 126 cm³/mol. The van der Waals surface area contributed by atoms with Crippen molar-refractivity contribution in [2.45, 2.75) is 40.3 Å². The zero-order valence-electron chi connectivity index (χ0n) is 19.5. The minimum absolute atomic E-state index is 0.0231. The first-order chi connectivity index (χ1) is 15.8. The van der Waals surface area contributed by atoms with Gasteiger partial charge in [0.25, 0.3) is 0 Å². The molecule has 1 heterocycles. The third-order valence-corrected chi connectivity index (χ3v) is 5.24. The smallest absolute Gasteiger partial charge is 0.242 e. The van der Waals surface area contributed by atoms with Gasteiger partial charge in [0.2, 0.25) is 11.8 Å². The van der Waals surface area contributed by atoms with Crippen molar-refractivity contribution in [3.63, 3.8) is 0 Å². The summed E-state index contributed by atoms with van der Waals surface area (Å²) in [6.45, 7) is 7.07. The molecule has 0 aliphatic rings. The number of halogens is 1. The SMILES string of the molecule is Cc1ccc(CN(Cc2ccccc2)C(=O)CN(CC(C)C)C(=O)Cc2ccc(F)cc2)o1. The Balaban J connectivity index is 1.75. The maximum Gasteiger partial charge on any atom is 0.242 e. The molecule has 2 amide bonds. The van der Waals surface area contributed by atoms with E-state index in [0.29, 0.717) is 25.4 Å². The van der Waals surface area contributed by atoms with Crippen LogP contribution in [-0.2, 0) is 29.1 Å². The molecule has 2 aromatic carbocycles. The van der Waals surface area contributed by atoms with Crippen molar-refractivity contribution in [2.24, 2.45) is 5.92 Å². The average Bonchev–Trinajstić information content (AvgIpc) is 3.19. The summed E-state index contributed by atoms with van der Waals surface area (Å²) in [7, 11) is 0. The molecule has 3 rings (SSSR count). The van der Waals surface area contributed by atoms with E-state index in [9.17, 15) is 14.0 Å². The standard InChI is InChI=1S/C27H31FN2O3/c1-20(2)16-29(26(31)15-22-10-12-24(28)13-11-22)19-27(32)30(17-23-7-5-4-6-8-23)18-25-14-9-21(3)33-25/h4-14,20H,15-19H2,1-3H3. The number of aryl methyl sites for hydroxylation is 1. The lowest BCUT2D eigenvalue weighted by Crippen LogP contribution is -2.44. The molecule has 33 heavy (non-hydrogen) atoms. The van der Waals surface area contributed by atoms with Crippen molar-refractivity contribution >= 4 is 11.8 Å². The number of benzene rings is 2. The molecule has 3 aromatic rings. The van der Waals surface area contributed by atoms with Gasteiger partial charge in [-0.25, -0.2) is 4.39 Å². The Hall–Kier alpha value is -3.41. The lowest BCUT2D eigenvalue weighted by Gasteiger charge is -2.28. The lowest BCUT2D eigenvalue weighted by atomic mass is 10.1. The van der Waals surface area contributed by atoms with Crippen LogP contribution < -0.4 is 0 Å². The summed E-state index contributed by atoms with van der Waals surface area (Å²) in [6.07, 6.45) is 0.121. The molecule has 5 nitrogen and oxygen atoms in total. The van der Waals surface area contributed by atoms with E-state index in [1.807, 2.05) is 63.2 Å². The predicted octanol–water partition coefficient (Wildman–Crippen LogP) is 4.98. The van der Waals surface area contributed by atoms with Gasteiger partial charge >= 0.3 is 0 Å². The molecule has 0 atom stereocenters. The van der Waals surface area contributed by atoms with Crippen molar-refractivity contribution in [1.29, 1.82) is 0 Å². The normalized spacial score (nSPS) is 10.9. The Morgan fingerprint density at radius 2 is 1.55 bits per heavy atom. The minimum atomic E-state index is -0.342. The molecular formula is C27H31FN2O3.